The number of nitrogens with zero attached hydrogens (tertiary/aromatic N) is 1. The Balaban J connectivity index is 2.90. The predicted octanol–water partition coefficient (Wildman–Crippen LogP) is 2.33. The molecular weight excluding hydrogens is 186 g/mol. The lowest BCUT2D eigenvalue weighted by Gasteiger charge is -2.24. The van der Waals surface area contributed by atoms with Gasteiger partial charge in [0.05, 0.1) is 11.7 Å². The summed E-state index contributed by atoms with van der Waals surface area (Å²) in [5, 5.41) is 0. The summed E-state index contributed by atoms with van der Waals surface area (Å²) in [4.78, 5) is 4.39. The molecule has 3 heteroatoms. The number of nitrogens with one attached hydrogen (secondary N) is 1. The molecule has 1 aromatic heterocycles. The number of hydrazine groups is 1. The summed E-state index contributed by atoms with van der Waals surface area (Å²) in [7, 11) is 0. The molecule has 3 N–H and O–H groups in total. The van der Waals surface area contributed by atoms with Crippen molar-refractivity contribution in [2.24, 2.45) is 11.8 Å². The minimum Gasteiger partial charge on any atom is -0.271 e. The number of hydrogen-bond donors (Lipinski definition) is 2. The molecule has 1 heterocycles. The van der Waals surface area contributed by atoms with Gasteiger partial charge in [0, 0.05) is 6.20 Å². The van der Waals surface area contributed by atoms with Crippen molar-refractivity contribution < 1.29 is 0 Å². The molecule has 0 saturated carbocycles. The minimum absolute atomic E-state index is 0.167. The number of pyridine rings is 1. The summed E-state index contributed by atoms with van der Waals surface area (Å²) in [6, 6.07) is 4.27. The highest BCUT2D eigenvalue weighted by atomic mass is 15.2. The van der Waals surface area contributed by atoms with Crippen molar-refractivity contribution in [2.45, 2.75) is 39.7 Å². The average molecular weight is 207 g/mol. The van der Waals surface area contributed by atoms with Crippen molar-refractivity contribution in [1.82, 2.24) is 10.4 Å². The minimum atomic E-state index is 0.167. The molecule has 1 aromatic rings. The first-order valence-electron chi connectivity index (χ1n) is 5.61. The number of hydrogen-bond acceptors (Lipinski definition) is 3. The van der Waals surface area contributed by atoms with Gasteiger partial charge >= 0.3 is 0 Å². The van der Waals surface area contributed by atoms with Crippen LogP contribution in [0.25, 0.3) is 0 Å². The van der Waals surface area contributed by atoms with Crippen LogP contribution in [0.2, 0.25) is 0 Å². The van der Waals surface area contributed by atoms with E-state index in [1.54, 1.807) is 0 Å². The monoisotopic (exact) mass is 207 g/mol. The van der Waals surface area contributed by atoms with Crippen LogP contribution in [0, 0.1) is 12.8 Å². The van der Waals surface area contributed by atoms with Gasteiger partial charge in [-0.05, 0) is 30.5 Å². The maximum Gasteiger partial charge on any atom is 0.0660 e. The van der Waals surface area contributed by atoms with Crippen LogP contribution in [0.4, 0.5) is 0 Å². The van der Waals surface area contributed by atoms with E-state index in [1.807, 2.05) is 12.3 Å². The normalized spacial score (nSPS) is 13.1. The molecule has 0 bridgehead atoms. The van der Waals surface area contributed by atoms with Crippen LogP contribution in [0.3, 0.4) is 0 Å². The molecule has 0 aliphatic carbocycles. The van der Waals surface area contributed by atoms with E-state index in [4.69, 9.17) is 5.84 Å². The molecule has 3 nitrogen and oxygen atoms in total. The Morgan fingerprint density at radius 3 is 2.53 bits per heavy atom. The number of aromatic nitrogens is 1. The van der Waals surface area contributed by atoms with Crippen LogP contribution in [0.15, 0.2) is 18.3 Å². The van der Waals surface area contributed by atoms with Gasteiger partial charge < -0.3 is 0 Å². The number of nitrogens with two attached hydrogens (primary N) is 1. The van der Waals surface area contributed by atoms with Gasteiger partial charge in [0.2, 0.25) is 0 Å². The topological polar surface area (TPSA) is 50.9 Å². The summed E-state index contributed by atoms with van der Waals surface area (Å²) < 4.78 is 0. The van der Waals surface area contributed by atoms with Crippen molar-refractivity contribution >= 4 is 0 Å². The van der Waals surface area contributed by atoms with Crippen molar-refractivity contribution in [2.75, 3.05) is 0 Å². The standard InChI is InChI=1S/C12H21N3/c1-4-10(5-2)12(15-13)11-8-9(3)6-7-14-11/h6-8,10,12,15H,4-5,13H2,1-3H3. The highest BCUT2D eigenvalue weighted by Gasteiger charge is 2.19. The van der Waals surface area contributed by atoms with Gasteiger partial charge in [0.15, 0.2) is 0 Å². The van der Waals surface area contributed by atoms with E-state index < -0.39 is 0 Å². The SMILES string of the molecule is CCC(CC)C(NN)c1cc(C)ccn1. The Hall–Kier alpha value is -0.930. The van der Waals surface area contributed by atoms with Crippen molar-refractivity contribution in [3.8, 4) is 0 Å². The highest BCUT2D eigenvalue weighted by molar-refractivity contribution is 5.17. The zero-order valence-electron chi connectivity index (χ0n) is 9.83. The first-order chi connectivity index (χ1) is 7.22. The second-order valence-corrected chi connectivity index (χ2v) is 3.98. The van der Waals surface area contributed by atoms with E-state index in [0.717, 1.165) is 18.5 Å². The largest absolute Gasteiger partial charge is 0.271 e. The van der Waals surface area contributed by atoms with Crippen LogP contribution in [-0.4, -0.2) is 4.98 Å². The molecule has 0 fully saturated rings. The third kappa shape index (κ3) is 3.01. The predicted molar refractivity (Wildman–Crippen MR) is 63.1 cm³/mol. The molecule has 0 spiro atoms. The van der Waals surface area contributed by atoms with Crippen molar-refractivity contribution in [3.05, 3.63) is 29.6 Å². The molecule has 0 aliphatic heterocycles. The third-order valence-corrected chi connectivity index (χ3v) is 2.95. The number of aryl methyl sites for hydroxylation is 1. The molecular formula is C12H21N3. The first kappa shape index (κ1) is 12.1. The Labute approximate surface area is 92.1 Å². The Morgan fingerprint density at radius 1 is 1.40 bits per heavy atom. The Bertz CT molecular complexity index is 295. The van der Waals surface area contributed by atoms with Gasteiger partial charge in [-0.3, -0.25) is 16.3 Å². The molecule has 1 rings (SSSR count). The van der Waals surface area contributed by atoms with Gasteiger partial charge in [0.25, 0.3) is 0 Å². The molecule has 1 atom stereocenters. The highest BCUT2D eigenvalue weighted by Crippen LogP contribution is 2.25. The van der Waals surface area contributed by atoms with E-state index >= 15 is 0 Å². The summed E-state index contributed by atoms with van der Waals surface area (Å²) in [6.45, 7) is 6.45. The van der Waals surface area contributed by atoms with Crippen LogP contribution in [0.5, 0.6) is 0 Å². The van der Waals surface area contributed by atoms with E-state index in [-0.39, 0.29) is 6.04 Å². The fourth-order valence-electron chi connectivity index (χ4n) is 1.95. The molecule has 0 aromatic carbocycles. The van der Waals surface area contributed by atoms with Gasteiger partial charge in [-0.2, -0.15) is 0 Å². The second kappa shape index (κ2) is 5.83. The van der Waals surface area contributed by atoms with E-state index in [1.165, 1.54) is 5.56 Å². The summed E-state index contributed by atoms with van der Waals surface area (Å²) >= 11 is 0. The third-order valence-electron chi connectivity index (χ3n) is 2.95. The Morgan fingerprint density at radius 2 is 2.07 bits per heavy atom. The molecule has 0 saturated heterocycles. The number of rotatable bonds is 5. The first-order valence-corrected chi connectivity index (χ1v) is 5.61. The van der Waals surface area contributed by atoms with Gasteiger partial charge in [0.1, 0.15) is 0 Å². The summed E-state index contributed by atoms with van der Waals surface area (Å²) in [5.41, 5.74) is 5.16. The zero-order chi connectivity index (χ0) is 11.3. The molecule has 0 aliphatic rings. The summed E-state index contributed by atoms with van der Waals surface area (Å²) in [6.07, 6.45) is 4.07. The van der Waals surface area contributed by atoms with E-state index in [9.17, 15) is 0 Å². The van der Waals surface area contributed by atoms with Crippen LogP contribution < -0.4 is 11.3 Å². The smallest absolute Gasteiger partial charge is 0.0660 e. The molecule has 0 amide bonds. The second-order valence-electron chi connectivity index (χ2n) is 3.98. The van der Waals surface area contributed by atoms with Gasteiger partial charge in [-0.15, -0.1) is 0 Å². The van der Waals surface area contributed by atoms with Crippen LogP contribution in [0.1, 0.15) is 44.0 Å². The van der Waals surface area contributed by atoms with Crippen molar-refractivity contribution in [1.29, 1.82) is 0 Å². The van der Waals surface area contributed by atoms with Gasteiger partial charge in [-0.1, -0.05) is 26.7 Å². The van der Waals surface area contributed by atoms with Gasteiger partial charge in [-0.25, -0.2) is 0 Å². The van der Waals surface area contributed by atoms with Crippen LogP contribution >= 0.6 is 0 Å². The maximum absolute atomic E-state index is 5.62. The molecule has 84 valence electrons. The van der Waals surface area contributed by atoms with Crippen LogP contribution in [-0.2, 0) is 0 Å². The fraction of sp³-hybridized carbons (Fsp3) is 0.583. The maximum atomic E-state index is 5.62. The summed E-state index contributed by atoms with van der Waals surface area (Å²) in [5.74, 6) is 6.16. The lowest BCUT2D eigenvalue weighted by atomic mass is 9.91. The average Bonchev–Trinajstić information content (AvgIpc) is 2.25. The molecule has 1 unspecified atom stereocenters. The van der Waals surface area contributed by atoms with E-state index in [0.29, 0.717) is 5.92 Å². The lowest BCUT2D eigenvalue weighted by molar-refractivity contribution is 0.339. The fourth-order valence-corrected chi connectivity index (χ4v) is 1.95. The Kier molecular flexibility index (Phi) is 4.72. The molecule has 15 heavy (non-hydrogen) atoms. The van der Waals surface area contributed by atoms with Crippen molar-refractivity contribution in [3.63, 3.8) is 0 Å². The molecule has 0 radical (unpaired) electrons. The lowest BCUT2D eigenvalue weighted by Crippen LogP contribution is -2.33. The van der Waals surface area contributed by atoms with E-state index in [2.05, 4.69) is 37.2 Å². The zero-order valence-corrected chi connectivity index (χ0v) is 9.83. The quantitative estimate of drug-likeness (QED) is 0.575.